The van der Waals surface area contributed by atoms with E-state index in [-0.39, 0.29) is 28.5 Å². The van der Waals surface area contributed by atoms with E-state index in [1.165, 1.54) is 0 Å². The second-order valence-corrected chi connectivity index (χ2v) is 10.5. The molecule has 0 amide bonds. The molecule has 1 spiro atoms. The fourth-order valence-electron chi connectivity index (χ4n) is 5.71. The van der Waals surface area contributed by atoms with Gasteiger partial charge in [0.05, 0.1) is 28.5 Å². The van der Waals surface area contributed by atoms with E-state index < -0.39 is 0 Å². The molecule has 2 atom stereocenters. The van der Waals surface area contributed by atoms with E-state index in [1.807, 2.05) is 19.1 Å². The van der Waals surface area contributed by atoms with Crippen molar-refractivity contribution in [1.82, 2.24) is 20.2 Å². The third kappa shape index (κ3) is 3.15. The Morgan fingerprint density at radius 2 is 1.97 bits per heavy atom. The molecule has 6 rings (SSSR count). The average Bonchev–Trinajstić information content (AvgIpc) is 3.42. The van der Waals surface area contributed by atoms with Crippen LogP contribution < -0.4 is 16.2 Å². The van der Waals surface area contributed by atoms with E-state index >= 15 is 0 Å². The molecule has 4 N–H and O–H groups in total. The van der Waals surface area contributed by atoms with Crippen molar-refractivity contribution >= 4 is 40.2 Å². The molecule has 1 saturated carbocycles. The van der Waals surface area contributed by atoms with Crippen LogP contribution in [-0.4, -0.2) is 52.0 Å². The minimum absolute atomic E-state index is 0.00833. The number of nitrogens with zero attached hydrogens (tertiary/aromatic N) is 3. The SMILES string of the molecule is C[C@@H]1OCC2(CCN(c3nc4n[nH]c(C5(c6cccc(Cl)c6Cl)CC5)c4c(=O)[nH]3)CC2)[C@@H]1N. The summed E-state index contributed by atoms with van der Waals surface area (Å²) in [7, 11) is 0. The number of rotatable bonds is 3. The quantitative estimate of drug-likeness (QED) is 0.520. The molecule has 1 aromatic carbocycles. The highest BCUT2D eigenvalue weighted by atomic mass is 35.5. The molecule has 10 heteroatoms. The molecule has 8 nitrogen and oxygen atoms in total. The maximum absolute atomic E-state index is 13.2. The number of aromatic amines is 2. The predicted molar refractivity (Wildman–Crippen MR) is 128 cm³/mol. The maximum Gasteiger partial charge on any atom is 0.263 e. The van der Waals surface area contributed by atoms with Crippen LogP contribution in [0.5, 0.6) is 0 Å². The number of halogens is 2. The number of aromatic nitrogens is 4. The molecular formula is C23H26Cl2N6O2. The topological polar surface area (TPSA) is 113 Å². The Hall–Kier alpha value is -2.13. The largest absolute Gasteiger partial charge is 0.376 e. The standard InChI is InChI=1S/C23H26Cl2N6O2/c1-12-17(26)22(11-33-12)7-9-31(10-8-22)21-27-19-15(20(32)28-21)18(29-30-19)23(5-6-23)13-3-2-4-14(24)16(13)25/h2-4,12,17H,5-11,26H2,1H3,(H2,27,28,29,30,32)/t12-,17+/m0/s1. The van der Waals surface area contributed by atoms with Crippen LogP contribution in [0.3, 0.4) is 0 Å². The number of H-pyrrole nitrogens is 2. The Morgan fingerprint density at radius 1 is 1.21 bits per heavy atom. The predicted octanol–water partition coefficient (Wildman–Crippen LogP) is 3.37. The Balaban J connectivity index is 1.32. The number of benzene rings is 1. The zero-order valence-corrected chi connectivity index (χ0v) is 19.8. The Morgan fingerprint density at radius 3 is 2.64 bits per heavy atom. The van der Waals surface area contributed by atoms with Crippen molar-refractivity contribution in [1.29, 1.82) is 0 Å². The Labute approximate surface area is 200 Å². The van der Waals surface area contributed by atoms with Crippen LogP contribution in [0.15, 0.2) is 23.0 Å². The lowest BCUT2D eigenvalue weighted by Crippen LogP contribution is -2.51. The molecule has 3 fully saturated rings. The molecule has 1 aliphatic carbocycles. The molecular weight excluding hydrogens is 463 g/mol. The summed E-state index contributed by atoms with van der Waals surface area (Å²) in [5.41, 5.74) is 7.95. The summed E-state index contributed by atoms with van der Waals surface area (Å²) in [6.45, 7) is 4.26. The lowest BCUT2D eigenvalue weighted by Gasteiger charge is -2.41. The van der Waals surface area contributed by atoms with Gasteiger partial charge in [-0.25, -0.2) is 0 Å². The second-order valence-electron chi connectivity index (χ2n) is 9.76. The highest BCUT2D eigenvalue weighted by Gasteiger charge is 2.51. The van der Waals surface area contributed by atoms with E-state index in [2.05, 4.69) is 20.1 Å². The summed E-state index contributed by atoms with van der Waals surface area (Å²) in [5.74, 6) is 0.548. The summed E-state index contributed by atoms with van der Waals surface area (Å²) in [6, 6.07) is 5.65. The molecule has 4 heterocycles. The number of nitrogens with one attached hydrogen (secondary N) is 2. The summed E-state index contributed by atoms with van der Waals surface area (Å²) in [6.07, 6.45) is 3.61. The van der Waals surface area contributed by atoms with Gasteiger partial charge < -0.3 is 15.4 Å². The van der Waals surface area contributed by atoms with Gasteiger partial charge in [0.2, 0.25) is 5.95 Å². The zero-order valence-electron chi connectivity index (χ0n) is 18.3. The lowest BCUT2D eigenvalue weighted by molar-refractivity contribution is 0.0973. The van der Waals surface area contributed by atoms with Crippen LogP contribution in [0.4, 0.5) is 5.95 Å². The van der Waals surface area contributed by atoms with E-state index in [0.717, 1.165) is 50.0 Å². The van der Waals surface area contributed by atoms with Gasteiger partial charge in [0, 0.05) is 30.0 Å². The van der Waals surface area contributed by atoms with E-state index in [4.69, 9.17) is 38.7 Å². The van der Waals surface area contributed by atoms with Crippen molar-refractivity contribution in [3.63, 3.8) is 0 Å². The monoisotopic (exact) mass is 488 g/mol. The molecule has 3 aliphatic rings. The second kappa shape index (κ2) is 7.43. The first-order valence-electron chi connectivity index (χ1n) is 11.4. The first kappa shape index (κ1) is 21.4. The van der Waals surface area contributed by atoms with Gasteiger partial charge in [-0.2, -0.15) is 10.1 Å². The summed E-state index contributed by atoms with van der Waals surface area (Å²) in [5, 5.41) is 9.02. The third-order valence-electron chi connectivity index (χ3n) is 8.01. The van der Waals surface area contributed by atoms with E-state index in [0.29, 0.717) is 33.6 Å². The number of fused-ring (bicyclic) bond motifs is 1. The van der Waals surface area contributed by atoms with Crippen molar-refractivity contribution < 1.29 is 4.74 Å². The van der Waals surface area contributed by atoms with Gasteiger partial charge in [-0.05, 0) is 44.2 Å². The van der Waals surface area contributed by atoms with Crippen LogP contribution in [0.1, 0.15) is 43.9 Å². The molecule has 3 aromatic rings. The Bertz CT molecular complexity index is 1290. The van der Waals surface area contributed by atoms with Gasteiger partial charge in [0.1, 0.15) is 5.39 Å². The first-order chi connectivity index (χ1) is 15.8. The minimum Gasteiger partial charge on any atom is -0.376 e. The highest BCUT2D eigenvalue weighted by molar-refractivity contribution is 6.42. The summed E-state index contributed by atoms with van der Waals surface area (Å²) < 4.78 is 5.82. The third-order valence-corrected chi connectivity index (χ3v) is 8.83. The van der Waals surface area contributed by atoms with E-state index in [1.54, 1.807) is 6.07 Å². The van der Waals surface area contributed by atoms with Gasteiger partial charge in [-0.15, -0.1) is 0 Å². The highest BCUT2D eigenvalue weighted by Crippen LogP contribution is 2.56. The van der Waals surface area contributed by atoms with Crippen molar-refractivity contribution in [2.24, 2.45) is 11.1 Å². The number of ether oxygens (including phenoxy) is 1. The number of piperidine rings is 1. The zero-order chi connectivity index (χ0) is 23.0. The van der Waals surface area contributed by atoms with Gasteiger partial charge in [-0.3, -0.25) is 14.9 Å². The molecule has 2 aromatic heterocycles. The average molecular weight is 489 g/mol. The van der Waals surface area contributed by atoms with Crippen LogP contribution in [0.25, 0.3) is 11.0 Å². The van der Waals surface area contributed by atoms with Gasteiger partial charge >= 0.3 is 0 Å². The van der Waals surface area contributed by atoms with Crippen molar-refractivity contribution in [2.45, 2.75) is 50.2 Å². The molecule has 174 valence electrons. The molecule has 2 saturated heterocycles. The minimum atomic E-state index is -0.389. The first-order valence-corrected chi connectivity index (χ1v) is 12.2. The smallest absolute Gasteiger partial charge is 0.263 e. The molecule has 0 bridgehead atoms. The van der Waals surface area contributed by atoms with Gasteiger partial charge in [0.25, 0.3) is 5.56 Å². The van der Waals surface area contributed by atoms with Crippen molar-refractivity contribution in [2.75, 3.05) is 24.6 Å². The molecule has 0 radical (unpaired) electrons. The fraction of sp³-hybridized carbons (Fsp3) is 0.522. The fourth-order valence-corrected chi connectivity index (χ4v) is 6.19. The molecule has 33 heavy (non-hydrogen) atoms. The number of anilines is 1. The lowest BCUT2D eigenvalue weighted by atomic mass is 9.73. The number of nitrogens with two attached hydrogens (primary N) is 1. The number of hydrogen-bond acceptors (Lipinski definition) is 6. The van der Waals surface area contributed by atoms with Crippen molar-refractivity contribution in [3.05, 3.63) is 49.9 Å². The van der Waals surface area contributed by atoms with Crippen LogP contribution in [0.2, 0.25) is 10.0 Å². The normalized spacial score (nSPS) is 25.8. The van der Waals surface area contributed by atoms with Gasteiger partial charge in [-0.1, -0.05) is 35.3 Å². The maximum atomic E-state index is 13.2. The Kier molecular flexibility index (Phi) is 4.82. The van der Waals surface area contributed by atoms with E-state index in [9.17, 15) is 4.79 Å². The van der Waals surface area contributed by atoms with Crippen LogP contribution in [-0.2, 0) is 10.2 Å². The molecule has 2 aliphatic heterocycles. The number of hydrogen-bond donors (Lipinski definition) is 3. The summed E-state index contributed by atoms with van der Waals surface area (Å²) >= 11 is 12.8. The van der Waals surface area contributed by atoms with Crippen molar-refractivity contribution in [3.8, 4) is 0 Å². The summed E-state index contributed by atoms with van der Waals surface area (Å²) in [4.78, 5) is 23.1. The van der Waals surface area contributed by atoms with Crippen LogP contribution >= 0.6 is 23.2 Å². The van der Waals surface area contributed by atoms with Gasteiger partial charge in [0.15, 0.2) is 5.65 Å². The molecule has 0 unspecified atom stereocenters. The van der Waals surface area contributed by atoms with Crippen LogP contribution in [0, 0.1) is 5.41 Å².